The zero-order valence-corrected chi connectivity index (χ0v) is 15.9. The summed E-state index contributed by atoms with van der Waals surface area (Å²) in [6.45, 7) is 2.21. The van der Waals surface area contributed by atoms with Crippen LogP contribution in [0.1, 0.15) is 28.5 Å². The van der Waals surface area contributed by atoms with Gasteiger partial charge in [0.1, 0.15) is 11.4 Å². The molecule has 0 saturated heterocycles. The average molecular weight is 400 g/mol. The lowest BCUT2D eigenvalue weighted by molar-refractivity contribution is -0.269. The number of fused-ring (bicyclic) bond motifs is 1. The fraction of sp³-hybridized carbons (Fsp3) is 0.150. The normalized spacial score (nSPS) is 11.2. The van der Waals surface area contributed by atoms with E-state index in [2.05, 4.69) is 4.98 Å². The largest absolute Gasteiger partial charge is 0.869 e. The first-order valence-electron chi connectivity index (χ1n) is 8.36. The molecule has 1 N–H and O–H groups in total. The second-order valence-corrected chi connectivity index (χ2v) is 6.33. The summed E-state index contributed by atoms with van der Waals surface area (Å²) in [6.07, 6.45) is 3.08. The van der Waals surface area contributed by atoms with Gasteiger partial charge in [-0.15, -0.1) is 0 Å². The van der Waals surface area contributed by atoms with E-state index in [1.807, 2.05) is 6.92 Å². The van der Waals surface area contributed by atoms with E-state index in [0.29, 0.717) is 23.1 Å². The zero-order chi connectivity index (χ0) is 20.4. The van der Waals surface area contributed by atoms with Gasteiger partial charge in [0.25, 0.3) is 5.56 Å². The first-order chi connectivity index (χ1) is 13.3. The van der Waals surface area contributed by atoms with Gasteiger partial charge in [-0.25, -0.2) is 9.78 Å². The van der Waals surface area contributed by atoms with E-state index in [1.165, 1.54) is 42.0 Å². The number of aromatic carboxylic acids is 1. The minimum Gasteiger partial charge on any atom is -0.869 e. The van der Waals surface area contributed by atoms with Gasteiger partial charge >= 0.3 is 5.97 Å². The molecule has 0 radical (unpaired) electrons. The standard InChI is InChI=1S/C20H17ClN2O5/c1-3-23-16-7-5-12(20(26)27)10-15(16)22-14(19(23)25)6-4-11-8-13(21)18(24)17(9-11)28-2/h4-10,24H,3H2,1-2H3,(H,26,27)/p-1/b6-4+. The molecule has 0 aliphatic rings. The predicted molar refractivity (Wildman–Crippen MR) is 105 cm³/mol. The molecule has 0 atom stereocenters. The molecule has 2 aromatic carbocycles. The maximum absolute atomic E-state index is 12.7. The van der Waals surface area contributed by atoms with Crippen molar-refractivity contribution in [3.05, 3.63) is 62.5 Å². The molecule has 0 spiro atoms. The third-order valence-electron chi connectivity index (χ3n) is 4.22. The quantitative estimate of drug-likeness (QED) is 0.707. The number of aromatic nitrogens is 2. The molecule has 1 aromatic heterocycles. The average Bonchev–Trinajstić information content (AvgIpc) is 2.68. The minimum atomic E-state index is -1.07. The highest BCUT2D eigenvalue weighted by Gasteiger charge is 2.11. The van der Waals surface area contributed by atoms with Gasteiger partial charge < -0.3 is 19.5 Å². The molecule has 28 heavy (non-hydrogen) atoms. The van der Waals surface area contributed by atoms with Crippen molar-refractivity contribution in [1.82, 2.24) is 9.55 Å². The van der Waals surface area contributed by atoms with Crippen LogP contribution >= 0.6 is 11.6 Å². The molecule has 0 saturated carbocycles. The van der Waals surface area contributed by atoms with Crippen molar-refractivity contribution in [2.75, 3.05) is 7.11 Å². The lowest BCUT2D eigenvalue weighted by atomic mass is 10.1. The molecule has 1 heterocycles. The molecule has 144 valence electrons. The van der Waals surface area contributed by atoms with Crippen molar-refractivity contribution in [3.8, 4) is 11.5 Å². The van der Waals surface area contributed by atoms with E-state index < -0.39 is 11.7 Å². The summed E-state index contributed by atoms with van der Waals surface area (Å²) in [5, 5.41) is 21.0. The van der Waals surface area contributed by atoms with Crippen LogP contribution in [0.15, 0.2) is 35.1 Å². The number of ether oxygens (including phenoxy) is 1. The monoisotopic (exact) mass is 399 g/mol. The van der Waals surface area contributed by atoms with Crippen LogP contribution in [-0.4, -0.2) is 27.7 Å². The van der Waals surface area contributed by atoms with Crippen LogP contribution in [0.5, 0.6) is 11.5 Å². The predicted octanol–water partition coefficient (Wildman–Crippen LogP) is 3.02. The van der Waals surface area contributed by atoms with E-state index in [-0.39, 0.29) is 27.6 Å². The van der Waals surface area contributed by atoms with Crippen LogP contribution in [0.25, 0.3) is 23.2 Å². The molecule has 8 heteroatoms. The number of hydrogen-bond acceptors (Lipinski definition) is 5. The number of hydrogen-bond donors (Lipinski definition) is 1. The molecule has 0 aliphatic heterocycles. The van der Waals surface area contributed by atoms with Crippen LogP contribution < -0.4 is 15.4 Å². The van der Waals surface area contributed by atoms with Crippen molar-refractivity contribution in [2.45, 2.75) is 13.5 Å². The molecule has 0 aliphatic carbocycles. The molecule has 7 nitrogen and oxygen atoms in total. The van der Waals surface area contributed by atoms with Gasteiger partial charge in [0.05, 0.1) is 23.7 Å². The van der Waals surface area contributed by atoms with Crippen LogP contribution in [0, 0.1) is 0 Å². The Bertz CT molecular complexity index is 1170. The molecular weight excluding hydrogens is 384 g/mol. The number of methoxy groups -OCH3 is 1. The number of carboxylic acid groups (broad SMARTS) is 1. The summed E-state index contributed by atoms with van der Waals surface area (Å²) in [7, 11) is 1.37. The SMILES string of the molecule is CCn1c(=O)c(/C=C/c2cc(Cl)c([O-])c(OC)c2)nc2cc(C(=O)O)ccc21. The first kappa shape index (κ1) is 19.4. The summed E-state index contributed by atoms with van der Waals surface area (Å²) in [6, 6.07) is 7.40. The summed E-state index contributed by atoms with van der Waals surface area (Å²) < 4.78 is 6.52. The van der Waals surface area contributed by atoms with Crippen molar-refractivity contribution < 1.29 is 19.7 Å². The highest BCUT2D eigenvalue weighted by atomic mass is 35.5. The molecule has 3 aromatic rings. The summed E-state index contributed by atoms with van der Waals surface area (Å²) >= 11 is 5.92. The number of halogens is 1. The maximum Gasteiger partial charge on any atom is 0.335 e. The van der Waals surface area contributed by atoms with Gasteiger partial charge in [0, 0.05) is 11.6 Å². The Balaban J connectivity index is 2.13. The van der Waals surface area contributed by atoms with Crippen molar-refractivity contribution in [1.29, 1.82) is 0 Å². The Morgan fingerprint density at radius 2 is 2.07 bits per heavy atom. The van der Waals surface area contributed by atoms with Crippen LogP contribution in [-0.2, 0) is 6.54 Å². The van der Waals surface area contributed by atoms with E-state index >= 15 is 0 Å². The first-order valence-corrected chi connectivity index (χ1v) is 8.74. The summed E-state index contributed by atoms with van der Waals surface area (Å²) in [5.41, 5.74) is 1.41. The van der Waals surface area contributed by atoms with E-state index in [0.717, 1.165) is 0 Å². The van der Waals surface area contributed by atoms with Gasteiger partial charge in [-0.3, -0.25) is 4.79 Å². The molecular formula is C20H16ClN2O5-. The number of aryl methyl sites for hydroxylation is 1. The van der Waals surface area contributed by atoms with Crippen LogP contribution in [0.2, 0.25) is 5.02 Å². The Labute approximate surface area is 165 Å². The number of carboxylic acids is 1. The van der Waals surface area contributed by atoms with Gasteiger partial charge in [-0.05, 0) is 54.6 Å². The second kappa shape index (κ2) is 7.74. The highest BCUT2D eigenvalue weighted by Crippen LogP contribution is 2.33. The Morgan fingerprint density at radius 3 is 2.71 bits per heavy atom. The highest BCUT2D eigenvalue weighted by molar-refractivity contribution is 6.32. The van der Waals surface area contributed by atoms with Crippen molar-refractivity contribution in [2.24, 2.45) is 0 Å². The van der Waals surface area contributed by atoms with Crippen LogP contribution in [0.4, 0.5) is 0 Å². The Morgan fingerprint density at radius 1 is 1.32 bits per heavy atom. The summed E-state index contributed by atoms with van der Waals surface area (Å²) in [5.74, 6) is -1.40. The zero-order valence-electron chi connectivity index (χ0n) is 15.1. The number of carbonyl (C=O) groups is 1. The van der Waals surface area contributed by atoms with Crippen LogP contribution in [0.3, 0.4) is 0 Å². The second-order valence-electron chi connectivity index (χ2n) is 5.92. The van der Waals surface area contributed by atoms with E-state index in [4.69, 9.17) is 16.3 Å². The van der Waals surface area contributed by atoms with Gasteiger partial charge in [0.15, 0.2) is 0 Å². The third kappa shape index (κ3) is 3.57. The third-order valence-corrected chi connectivity index (χ3v) is 4.50. The molecule has 0 fully saturated rings. The number of rotatable bonds is 5. The fourth-order valence-corrected chi connectivity index (χ4v) is 3.05. The maximum atomic E-state index is 12.7. The summed E-state index contributed by atoms with van der Waals surface area (Å²) in [4.78, 5) is 28.3. The molecule has 0 amide bonds. The van der Waals surface area contributed by atoms with Gasteiger partial charge in [-0.1, -0.05) is 17.7 Å². The van der Waals surface area contributed by atoms with Gasteiger partial charge in [-0.2, -0.15) is 0 Å². The fourth-order valence-electron chi connectivity index (χ4n) is 2.83. The van der Waals surface area contributed by atoms with Crippen molar-refractivity contribution in [3.63, 3.8) is 0 Å². The number of benzene rings is 2. The topological polar surface area (TPSA) is 104 Å². The van der Waals surface area contributed by atoms with Crippen molar-refractivity contribution >= 4 is 40.8 Å². The van der Waals surface area contributed by atoms with Gasteiger partial charge in [0.2, 0.25) is 0 Å². The molecule has 3 rings (SSSR count). The van der Waals surface area contributed by atoms with E-state index in [1.54, 1.807) is 12.1 Å². The molecule has 0 bridgehead atoms. The smallest absolute Gasteiger partial charge is 0.335 e. The number of nitrogens with zero attached hydrogens (tertiary/aromatic N) is 2. The van der Waals surface area contributed by atoms with E-state index in [9.17, 15) is 19.8 Å². The minimum absolute atomic E-state index is 0.00235. The lowest BCUT2D eigenvalue weighted by Crippen LogP contribution is -2.23. The lowest BCUT2D eigenvalue weighted by Gasteiger charge is -2.14. The Kier molecular flexibility index (Phi) is 5.37. The molecule has 0 unspecified atom stereocenters. The Hall–Kier alpha value is -3.32.